The molecule has 0 saturated carbocycles. The van der Waals surface area contributed by atoms with E-state index in [4.69, 9.17) is 4.74 Å². The van der Waals surface area contributed by atoms with Gasteiger partial charge in [-0.05, 0) is 24.6 Å². The highest BCUT2D eigenvalue weighted by molar-refractivity contribution is 6.04. The van der Waals surface area contributed by atoms with Crippen molar-refractivity contribution in [1.82, 2.24) is 15.5 Å². The molecule has 1 atom stereocenters. The van der Waals surface area contributed by atoms with Crippen LogP contribution in [0.25, 0.3) is 0 Å². The van der Waals surface area contributed by atoms with Crippen LogP contribution < -0.4 is 10.6 Å². The van der Waals surface area contributed by atoms with E-state index < -0.39 is 11.9 Å². The van der Waals surface area contributed by atoms with Gasteiger partial charge in [-0.1, -0.05) is 0 Å². The van der Waals surface area contributed by atoms with Gasteiger partial charge >= 0.3 is 0 Å². The van der Waals surface area contributed by atoms with Crippen LogP contribution in [0.4, 0.5) is 0 Å². The monoisotopic (exact) mass is 319 g/mol. The summed E-state index contributed by atoms with van der Waals surface area (Å²) in [6, 6.07) is -0.693. The summed E-state index contributed by atoms with van der Waals surface area (Å²) in [7, 11) is 5.39. The quantitative estimate of drug-likeness (QED) is 0.724. The minimum absolute atomic E-state index is 0.222. The summed E-state index contributed by atoms with van der Waals surface area (Å²) in [5.74, 6) is -0.490. The van der Waals surface area contributed by atoms with Crippen LogP contribution in [0.15, 0.2) is 35.3 Å². The van der Waals surface area contributed by atoms with E-state index in [0.717, 1.165) is 5.70 Å². The van der Waals surface area contributed by atoms with E-state index in [0.29, 0.717) is 24.2 Å². The maximum Gasteiger partial charge on any atom is 0.252 e. The summed E-state index contributed by atoms with van der Waals surface area (Å²) in [5.41, 5.74) is 1.41. The molecule has 2 N–H and O–H groups in total. The first-order chi connectivity index (χ1) is 10.9. The fraction of sp³-hybridized carbons (Fsp3) is 0.438. The second-order valence-corrected chi connectivity index (χ2v) is 5.64. The van der Waals surface area contributed by atoms with E-state index in [2.05, 4.69) is 10.6 Å². The minimum atomic E-state index is -0.693. The number of piperidine rings is 1. The van der Waals surface area contributed by atoms with Gasteiger partial charge in [0.05, 0.1) is 7.11 Å². The predicted octanol–water partition coefficient (Wildman–Crippen LogP) is 0.214. The highest BCUT2D eigenvalue weighted by Crippen LogP contribution is 2.20. The number of allylic oxidation sites excluding steroid dienone is 2. The van der Waals surface area contributed by atoms with Crippen molar-refractivity contribution in [2.45, 2.75) is 25.3 Å². The second-order valence-electron chi connectivity index (χ2n) is 5.64. The first-order valence-electron chi connectivity index (χ1n) is 7.38. The fourth-order valence-corrected chi connectivity index (χ4v) is 2.35. The Balaban J connectivity index is 2.14. The number of imide groups is 1. The smallest absolute Gasteiger partial charge is 0.252 e. The van der Waals surface area contributed by atoms with Crippen molar-refractivity contribution in [3.05, 3.63) is 35.3 Å². The van der Waals surface area contributed by atoms with Crippen molar-refractivity contribution in [2.24, 2.45) is 0 Å². The van der Waals surface area contributed by atoms with Crippen LogP contribution in [-0.4, -0.2) is 49.9 Å². The van der Waals surface area contributed by atoms with Crippen molar-refractivity contribution in [3.8, 4) is 0 Å². The van der Waals surface area contributed by atoms with E-state index in [-0.39, 0.29) is 18.2 Å². The molecule has 1 saturated heterocycles. The first-order valence-corrected chi connectivity index (χ1v) is 7.38. The number of methoxy groups -OCH3 is 1. The average Bonchev–Trinajstić information content (AvgIpc) is 2.72. The molecule has 0 aromatic heterocycles. The zero-order chi connectivity index (χ0) is 17.0. The van der Waals surface area contributed by atoms with E-state index >= 15 is 0 Å². The van der Waals surface area contributed by atoms with Crippen molar-refractivity contribution < 1.29 is 19.1 Å². The number of hydrogen-bond donors (Lipinski definition) is 2. The Kier molecular flexibility index (Phi) is 5.20. The number of hydrogen-bond acceptors (Lipinski definition) is 5. The topological polar surface area (TPSA) is 87.7 Å². The van der Waals surface area contributed by atoms with Crippen LogP contribution in [0.2, 0.25) is 0 Å². The van der Waals surface area contributed by atoms with Crippen LogP contribution >= 0.6 is 0 Å². The zero-order valence-corrected chi connectivity index (χ0v) is 13.5. The minimum Gasteiger partial charge on any atom is -0.501 e. The van der Waals surface area contributed by atoms with Crippen LogP contribution in [0, 0.1) is 0 Å². The number of ether oxygens (including phenoxy) is 1. The van der Waals surface area contributed by atoms with Crippen molar-refractivity contribution in [3.63, 3.8) is 0 Å². The van der Waals surface area contributed by atoms with Gasteiger partial charge in [0, 0.05) is 38.2 Å². The highest BCUT2D eigenvalue weighted by Gasteiger charge is 2.28. The molecule has 2 aliphatic rings. The van der Waals surface area contributed by atoms with Crippen molar-refractivity contribution in [1.29, 1.82) is 0 Å². The molecule has 0 aromatic carbocycles. The van der Waals surface area contributed by atoms with E-state index in [9.17, 15) is 14.4 Å². The average molecular weight is 319 g/mol. The molecule has 0 bridgehead atoms. The Bertz CT molecular complexity index is 617. The Morgan fingerprint density at radius 2 is 2.09 bits per heavy atom. The number of nitrogens with zero attached hydrogens (tertiary/aromatic N) is 1. The maximum atomic E-state index is 12.4. The SMILES string of the molecule is COC1=CC(C(=O)NC2CCC(=O)NC2=O)=CC=C(N(C)C)C1. The second kappa shape index (κ2) is 7.13. The summed E-state index contributed by atoms with van der Waals surface area (Å²) in [5, 5.41) is 4.88. The Hall–Kier alpha value is -2.57. The third kappa shape index (κ3) is 4.21. The molecule has 2 rings (SSSR count). The summed E-state index contributed by atoms with van der Waals surface area (Å²) >= 11 is 0. The largest absolute Gasteiger partial charge is 0.501 e. The summed E-state index contributed by atoms with van der Waals surface area (Å²) in [6.45, 7) is 0. The normalized spacial score (nSPS) is 21.3. The first kappa shape index (κ1) is 16.8. The predicted molar refractivity (Wildman–Crippen MR) is 83.9 cm³/mol. The van der Waals surface area contributed by atoms with Gasteiger partial charge in [-0.25, -0.2) is 0 Å². The molecule has 0 aromatic rings. The van der Waals surface area contributed by atoms with Crippen LogP contribution in [0.1, 0.15) is 19.3 Å². The third-order valence-corrected chi connectivity index (χ3v) is 3.77. The van der Waals surface area contributed by atoms with E-state index in [1.807, 2.05) is 25.1 Å². The van der Waals surface area contributed by atoms with Gasteiger partial charge in [0.25, 0.3) is 5.91 Å². The molecular weight excluding hydrogens is 298 g/mol. The maximum absolute atomic E-state index is 12.4. The van der Waals surface area contributed by atoms with Gasteiger partial charge in [-0.15, -0.1) is 0 Å². The van der Waals surface area contributed by atoms with Crippen LogP contribution in [0.3, 0.4) is 0 Å². The number of nitrogens with one attached hydrogen (secondary N) is 2. The Morgan fingerprint density at radius 1 is 1.35 bits per heavy atom. The van der Waals surface area contributed by atoms with Gasteiger partial charge in [-0.3, -0.25) is 19.7 Å². The lowest BCUT2D eigenvalue weighted by Gasteiger charge is -2.22. The lowest BCUT2D eigenvalue weighted by Crippen LogP contribution is -2.52. The zero-order valence-electron chi connectivity index (χ0n) is 13.5. The molecule has 23 heavy (non-hydrogen) atoms. The summed E-state index contributed by atoms with van der Waals surface area (Å²) in [4.78, 5) is 37.2. The van der Waals surface area contributed by atoms with Crippen molar-refractivity contribution in [2.75, 3.05) is 21.2 Å². The Labute approximate surface area is 135 Å². The van der Waals surface area contributed by atoms with Gasteiger partial charge in [0.15, 0.2) is 0 Å². The standard InChI is InChI=1S/C16H21N3O4/c1-19(2)11-5-4-10(8-12(9-11)23-3)15(21)17-13-6-7-14(20)18-16(13)22/h4-5,8,13H,6-7,9H2,1-3H3,(H,17,21)(H,18,20,22). The van der Waals surface area contributed by atoms with Crippen LogP contribution in [-0.2, 0) is 19.1 Å². The molecule has 1 aliphatic carbocycles. The molecule has 1 aliphatic heterocycles. The molecule has 0 spiro atoms. The number of rotatable bonds is 4. The van der Waals surface area contributed by atoms with E-state index in [1.165, 1.54) is 0 Å². The highest BCUT2D eigenvalue weighted by atomic mass is 16.5. The van der Waals surface area contributed by atoms with Gasteiger partial charge in [-0.2, -0.15) is 0 Å². The fourth-order valence-electron chi connectivity index (χ4n) is 2.35. The lowest BCUT2D eigenvalue weighted by atomic mass is 10.1. The molecule has 1 unspecified atom stereocenters. The molecule has 7 heteroatoms. The molecule has 0 radical (unpaired) electrons. The number of amides is 3. The van der Waals surface area contributed by atoms with Gasteiger partial charge < -0.3 is 15.0 Å². The van der Waals surface area contributed by atoms with E-state index in [1.54, 1.807) is 19.3 Å². The van der Waals surface area contributed by atoms with Gasteiger partial charge in [0.2, 0.25) is 11.8 Å². The molecule has 3 amide bonds. The molecule has 1 heterocycles. The molecular formula is C16H21N3O4. The Morgan fingerprint density at radius 3 is 2.70 bits per heavy atom. The third-order valence-electron chi connectivity index (χ3n) is 3.77. The number of carbonyl (C=O) groups excluding carboxylic acids is 3. The molecule has 124 valence electrons. The molecule has 1 fully saturated rings. The molecule has 7 nitrogen and oxygen atoms in total. The van der Waals surface area contributed by atoms with Gasteiger partial charge in [0.1, 0.15) is 11.8 Å². The number of carbonyl (C=O) groups is 3. The lowest BCUT2D eigenvalue weighted by molar-refractivity contribution is -0.136. The summed E-state index contributed by atoms with van der Waals surface area (Å²) in [6.07, 6.45) is 6.32. The van der Waals surface area contributed by atoms with Crippen molar-refractivity contribution >= 4 is 17.7 Å². The summed E-state index contributed by atoms with van der Waals surface area (Å²) < 4.78 is 5.31. The van der Waals surface area contributed by atoms with Crippen LogP contribution in [0.5, 0.6) is 0 Å².